The summed E-state index contributed by atoms with van der Waals surface area (Å²) in [5.74, 6) is -0.828. The first-order valence-corrected chi connectivity index (χ1v) is 14.2. The van der Waals surface area contributed by atoms with E-state index in [-0.39, 0.29) is 6.42 Å². The van der Waals surface area contributed by atoms with Gasteiger partial charge in [-0.1, -0.05) is 48.0 Å². The van der Waals surface area contributed by atoms with Crippen molar-refractivity contribution in [2.75, 3.05) is 5.32 Å². The normalized spacial score (nSPS) is 12.1. The fourth-order valence-electron chi connectivity index (χ4n) is 4.84. The summed E-state index contributed by atoms with van der Waals surface area (Å²) in [6.45, 7) is 3.47. The van der Waals surface area contributed by atoms with Crippen molar-refractivity contribution in [2.24, 2.45) is 14.1 Å². The van der Waals surface area contributed by atoms with E-state index in [0.717, 1.165) is 27.9 Å². The lowest BCUT2D eigenvalue weighted by atomic mass is 9.93. The number of hydrogen-bond acceptors (Lipinski definition) is 5. The Kier molecular flexibility index (Phi) is 8.47. The number of nitrogens with zero attached hydrogens (tertiary/aromatic N) is 4. The number of aliphatic hydroxyl groups is 1. The highest BCUT2D eigenvalue weighted by Gasteiger charge is 2.25. The van der Waals surface area contributed by atoms with Crippen molar-refractivity contribution in [1.29, 1.82) is 0 Å². The number of anilines is 1. The number of rotatable bonds is 9. The van der Waals surface area contributed by atoms with Crippen LogP contribution in [0.25, 0.3) is 22.4 Å². The summed E-state index contributed by atoms with van der Waals surface area (Å²) in [4.78, 5) is 31.0. The molecule has 2 aromatic heterocycles. The molecular formula is C33H33ClN6O3. The topological polar surface area (TPSA) is 114 Å². The van der Waals surface area contributed by atoms with Crippen LogP contribution in [-0.4, -0.2) is 42.3 Å². The quantitative estimate of drug-likeness (QED) is 0.212. The summed E-state index contributed by atoms with van der Waals surface area (Å²) in [7, 11) is 3.58. The summed E-state index contributed by atoms with van der Waals surface area (Å²) in [6, 6.07) is 21.3. The van der Waals surface area contributed by atoms with Gasteiger partial charge in [-0.05, 0) is 78.1 Å². The molecule has 3 N–H and O–H groups in total. The van der Waals surface area contributed by atoms with Gasteiger partial charge in [0.1, 0.15) is 11.7 Å². The number of nitrogens with one attached hydrogen (secondary N) is 2. The second kappa shape index (κ2) is 12.2. The van der Waals surface area contributed by atoms with E-state index in [9.17, 15) is 14.7 Å². The number of hydrogen-bond donors (Lipinski definition) is 3. The Bertz CT molecular complexity index is 1770. The molecule has 0 fully saturated rings. The number of aromatic nitrogens is 4. The van der Waals surface area contributed by atoms with Crippen LogP contribution in [0.1, 0.15) is 35.5 Å². The largest absolute Gasteiger partial charge is 0.386 e. The first-order valence-electron chi connectivity index (χ1n) is 13.8. The van der Waals surface area contributed by atoms with Gasteiger partial charge in [-0.3, -0.25) is 14.3 Å². The van der Waals surface area contributed by atoms with Crippen LogP contribution in [-0.2, 0) is 30.9 Å². The van der Waals surface area contributed by atoms with Gasteiger partial charge >= 0.3 is 0 Å². The molecule has 10 heteroatoms. The van der Waals surface area contributed by atoms with Crippen LogP contribution in [0.4, 0.5) is 5.69 Å². The van der Waals surface area contributed by atoms with Crippen molar-refractivity contribution in [3.63, 3.8) is 0 Å². The molecule has 1 atom stereocenters. The van der Waals surface area contributed by atoms with Gasteiger partial charge in [0.15, 0.2) is 0 Å². The summed E-state index contributed by atoms with van der Waals surface area (Å²) < 4.78 is 3.36. The number of benzene rings is 3. The summed E-state index contributed by atoms with van der Waals surface area (Å²) in [5.41, 5.74) is 5.03. The second-order valence-corrected chi connectivity index (χ2v) is 11.4. The predicted octanol–water partition coefficient (Wildman–Crippen LogP) is 5.35. The first kappa shape index (κ1) is 29.8. The zero-order chi connectivity index (χ0) is 30.7. The van der Waals surface area contributed by atoms with Gasteiger partial charge in [-0.2, -0.15) is 5.10 Å². The Balaban J connectivity index is 1.42. The molecule has 5 aromatic rings. The third kappa shape index (κ3) is 6.85. The van der Waals surface area contributed by atoms with Crippen LogP contribution in [0.15, 0.2) is 91.5 Å². The number of halogens is 1. The molecule has 3 aromatic carbocycles. The number of carbonyl (C=O) groups excluding carboxylic acids is 2. The molecule has 220 valence electrons. The molecule has 2 amide bonds. The fourth-order valence-corrected chi connectivity index (χ4v) is 5.03. The van der Waals surface area contributed by atoms with E-state index in [1.165, 1.54) is 10.9 Å². The molecule has 0 saturated heterocycles. The van der Waals surface area contributed by atoms with Gasteiger partial charge in [0.2, 0.25) is 5.91 Å². The average molecular weight is 597 g/mol. The van der Waals surface area contributed by atoms with Gasteiger partial charge in [0.25, 0.3) is 5.91 Å². The number of aryl methyl sites for hydroxylation is 2. The summed E-state index contributed by atoms with van der Waals surface area (Å²) in [5, 5.41) is 20.8. The lowest BCUT2D eigenvalue weighted by Gasteiger charge is -2.21. The molecule has 9 nitrogen and oxygen atoms in total. The van der Waals surface area contributed by atoms with Gasteiger partial charge in [0.05, 0.1) is 23.8 Å². The Hall–Kier alpha value is -4.73. The molecule has 0 bridgehead atoms. The van der Waals surface area contributed by atoms with Crippen molar-refractivity contribution < 1.29 is 14.7 Å². The third-order valence-electron chi connectivity index (χ3n) is 7.31. The van der Waals surface area contributed by atoms with Gasteiger partial charge < -0.3 is 20.3 Å². The molecular weight excluding hydrogens is 564 g/mol. The highest BCUT2D eigenvalue weighted by molar-refractivity contribution is 6.31. The van der Waals surface area contributed by atoms with Crippen molar-refractivity contribution in [3.05, 3.63) is 113 Å². The van der Waals surface area contributed by atoms with Crippen molar-refractivity contribution in [2.45, 2.75) is 31.9 Å². The second-order valence-electron chi connectivity index (χ2n) is 11.0. The molecule has 1 unspecified atom stereocenters. The van der Waals surface area contributed by atoms with E-state index in [1.807, 2.05) is 72.3 Å². The zero-order valence-electron chi connectivity index (χ0n) is 24.4. The zero-order valence-corrected chi connectivity index (χ0v) is 25.1. The van der Waals surface area contributed by atoms with E-state index >= 15 is 0 Å². The van der Waals surface area contributed by atoms with Gasteiger partial charge in [-0.25, -0.2) is 4.98 Å². The van der Waals surface area contributed by atoms with Crippen LogP contribution in [0.3, 0.4) is 0 Å². The number of carbonyl (C=O) groups is 2. The predicted molar refractivity (Wildman–Crippen MR) is 168 cm³/mol. The molecule has 0 aliphatic rings. The van der Waals surface area contributed by atoms with Gasteiger partial charge in [0, 0.05) is 37.4 Å². The molecule has 0 spiro atoms. The Morgan fingerprint density at radius 3 is 2.35 bits per heavy atom. The highest BCUT2D eigenvalue weighted by Crippen LogP contribution is 2.30. The summed E-state index contributed by atoms with van der Waals surface area (Å²) in [6.07, 6.45) is 5.16. The summed E-state index contributed by atoms with van der Waals surface area (Å²) >= 11 is 6.63. The van der Waals surface area contributed by atoms with E-state index in [0.29, 0.717) is 22.0 Å². The standard InChI is InChI=1S/C33H33ClN6O3/c1-33(2,43)25-7-5-6-22(17-25)23-10-13-27(34)24(16-23)18-28(38-32(42)29-14-15-36-40(29)4)31(41)37-26-11-8-21(9-12-26)30-19-35-20-39(30)3/h5-17,19-20,28,43H,18H2,1-4H3,(H,37,41)(H,38,42). The maximum Gasteiger partial charge on any atom is 0.270 e. The molecule has 0 saturated carbocycles. The Morgan fingerprint density at radius 1 is 0.977 bits per heavy atom. The number of amides is 2. The Labute approximate surface area is 255 Å². The first-order chi connectivity index (χ1) is 20.5. The van der Waals surface area contributed by atoms with E-state index in [4.69, 9.17) is 11.6 Å². The number of imidazole rings is 1. The smallest absolute Gasteiger partial charge is 0.270 e. The van der Waals surface area contributed by atoms with Crippen molar-refractivity contribution in [1.82, 2.24) is 24.6 Å². The van der Waals surface area contributed by atoms with Crippen LogP contribution < -0.4 is 10.6 Å². The highest BCUT2D eigenvalue weighted by atomic mass is 35.5. The molecule has 5 rings (SSSR count). The molecule has 0 radical (unpaired) electrons. The molecule has 0 aliphatic heterocycles. The fraction of sp³-hybridized carbons (Fsp3) is 0.212. The lowest BCUT2D eigenvalue weighted by molar-refractivity contribution is -0.118. The SMILES string of the molecule is Cn1cncc1-c1ccc(NC(=O)C(Cc2cc(-c3cccc(C(C)(C)O)c3)ccc2Cl)NC(=O)c2ccnn2C)cc1. The van der Waals surface area contributed by atoms with E-state index in [1.54, 1.807) is 45.6 Å². The van der Waals surface area contributed by atoms with E-state index < -0.39 is 23.5 Å². The maximum atomic E-state index is 13.7. The van der Waals surface area contributed by atoms with Crippen molar-refractivity contribution in [3.8, 4) is 22.4 Å². The molecule has 0 aliphatic carbocycles. The lowest BCUT2D eigenvalue weighted by Crippen LogP contribution is -2.45. The van der Waals surface area contributed by atoms with Crippen LogP contribution in [0.2, 0.25) is 5.02 Å². The maximum absolute atomic E-state index is 13.7. The minimum absolute atomic E-state index is 0.139. The minimum Gasteiger partial charge on any atom is -0.386 e. The Morgan fingerprint density at radius 2 is 1.70 bits per heavy atom. The van der Waals surface area contributed by atoms with E-state index in [2.05, 4.69) is 20.7 Å². The molecule has 43 heavy (non-hydrogen) atoms. The van der Waals surface area contributed by atoms with Gasteiger partial charge in [-0.15, -0.1) is 0 Å². The van der Waals surface area contributed by atoms with Crippen LogP contribution in [0, 0.1) is 0 Å². The van der Waals surface area contributed by atoms with Crippen molar-refractivity contribution >= 4 is 29.1 Å². The third-order valence-corrected chi connectivity index (χ3v) is 7.68. The minimum atomic E-state index is -1.000. The monoisotopic (exact) mass is 596 g/mol. The van der Waals surface area contributed by atoms with Crippen LogP contribution >= 0.6 is 11.6 Å². The van der Waals surface area contributed by atoms with Crippen LogP contribution in [0.5, 0.6) is 0 Å². The molecule has 2 heterocycles. The average Bonchev–Trinajstić information content (AvgIpc) is 3.61.